The van der Waals surface area contributed by atoms with Crippen LogP contribution in [0.25, 0.3) is 0 Å². The number of aromatic nitrogens is 1. The zero-order chi connectivity index (χ0) is 39.1. The second kappa shape index (κ2) is 12.9. The van der Waals surface area contributed by atoms with Crippen molar-refractivity contribution in [3.05, 3.63) is 129 Å². The molecule has 2 aliphatic heterocycles. The number of hydrogen-bond acceptors (Lipinski definition) is 8. The first-order valence-electron chi connectivity index (χ1n) is 17.0. The molecule has 1 saturated carbocycles. The Morgan fingerprint density at radius 1 is 0.909 bits per heavy atom. The smallest absolute Gasteiger partial charge is 0.417 e. The molecule has 8 rings (SSSR count). The summed E-state index contributed by atoms with van der Waals surface area (Å²) >= 11 is 12.5. The van der Waals surface area contributed by atoms with Crippen LogP contribution in [-0.4, -0.2) is 49.8 Å². The van der Waals surface area contributed by atoms with E-state index in [1.54, 1.807) is 36.4 Å². The fraction of sp³-hybridized carbons (Fsp3) is 0.231. The van der Waals surface area contributed by atoms with E-state index in [1.807, 2.05) is 6.08 Å². The van der Waals surface area contributed by atoms with Gasteiger partial charge in [-0.15, -0.1) is 0 Å². The van der Waals surface area contributed by atoms with Crippen molar-refractivity contribution in [3.8, 4) is 5.75 Å². The van der Waals surface area contributed by atoms with E-state index in [0.717, 1.165) is 4.90 Å². The number of phenolic OH excluding ortho intramolecular Hbond substituents is 1. The number of benzene rings is 3. The highest BCUT2D eigenvalue weighted by atomic mass is 35.5. The average molecular weight is 792 g/mol. The Balaban J connectivity index is 1.29. The fourth-order valence-corrected chi connectivity index (χ4v) is 9.19. The van der Waals surface area contributed by atoms with E-state index in [2.05, 4.69) is 10.4 Å². The number of carbonyl (C=O) groups is 5. The van der Waals surface area contributed by atoms with Crippen LogP contribution in [0.5, 0.6) is 5.75 Å². The number of hydrazine groups is 1. The Kier molecular flexibility index (Phi) is 8.54. The number of nitrogens with zero attached hydrogens (tertiary/aromatic N) is 3. The summed E-state index contributed by atoms with van der Waals surface area (Å²) in [6, 6.07) is 18.4. The Labute approximate surface area is 319 Å². The second-order valence-electron chi connectivity index (χ2n) is 13.9. The Morgan fingerprint density at radius 3 is 2.27 bits per heavy atom. The summed E-state index contributed by atoms with van der Waals surface area (Å²) in [6.07, 6.45) is -2.47. The molecular weight excluding hydrogens is 764 g/mol. The number of carbonyl (C=O) groups excluding carboxylic acids is 4. The van der Waals surface area contributed by atoms with Gasteiger partial charge in [-0.3, -0.25) is 29.5 Å². The number of halogens is 5. The molecule has 6 atom stereocenters. The number of hydrogen-bond donors (Lipinski definition) is 3. The van der Waals surface area contributed by atoms with Gasteiger partial charge in [0.05, 0.1) is 45.0 Å². The predicted octanol–water partition coefficient (Wildman–Crippen LogP) is 7.00. The highest BCUT2D eigenvalue weighted by Crippen LogP contribution is 2.64. The molecule has 6 unspecified atom stereocenters. The lowest BCUT2D eigenvalue weighted by Gasteiger charge is -2.50. The van der Waals surface area contributed by atoms with Crippen LogP contribution in [0.2, 0.25) is 10.0 Å². The van der Waals surface area contributed by atoms with Gasteiger partial charge < -0.3 is 10.2 Å². The van der Waals surface area contributed by atoms with E-state index in [1.165, 1.54) is 36.4 Å². The average Bonchev–Trinajstić information content (AvgIpc) is 3.53. The van der Waals surface area contributed by atoms with Crippen LogP contribution in [-0.2, 0) is 30.8 Å². The Hall–Kier alpha value is -5.73. The van der Waals surface area contributed by atoms with Gasteiger partial charge in [0.15, 0.2) is 5.82 Å². The standard InChI is InChI=1S/C39H27Cl2F3N4O7/c40-22-8-6-20(7-9-22)38-28(34(51)48(37(38)55)46-32-29(41)15-21(17-45-32)39(42,43)44)16-27-25(31(38)18-4-10-24(49)11-5-18)12-13-26-30(27)35(52)47(33(26)50)23-3-1-2-19(14-23)36(53)54/h1-12,14-15,17,26-28,30-31,49H,13,16H2,(H,45,46)(H,53,54). The van der Waals surface area contributed by atoms with Crippen LogP contribution in [0, 0.1) is 23.7 Å². The molecule has 16 heteroatoms. The van der Waals surface area contributed by atoms with Gasteiger partial charge in [0.2, 0.25) is 11.8 Å². The van der Waals surface area contributed by atoms with Gasteiger partial charge in [0.25, 0.3) is 11.8 Å². The van der Waals surface area contributed by atoms with Crippen LogP contribution in [0.3, 0.4) is 0 Å². The van der Waals surface area contributed by atoms with Crippen molar-refractivity contribution in [1.29, 1.82) is 0 Å². The minimum atomic E-state index is -4.77. The van der Waals surface area contributed by atoms with E-state index in [9.17, 15) is 42.6 Å². The molecule has 11 nitrogen and oxygen atoms in total. The maximum atomic E-state index is 15.2. The minimum absolute atomic E-state index is 0.0793. The minimum Gasteiger partial charge on any atom is -0.508 e. The number of aromatic carboxylic acids is 1. The molecule has 3 N–H and O–H groups in total. The summed E-state index contributed by atoms with van der Waals surface area (Å²) < 4.78 is 40.3. The topological polar surface area (TPSA) is 157 Å². The van der Waals surface area contributed by atoms with Crippen molar-refractivity contribution in [2.45, 2.75) is 30.4 Å². The van der Waals surface area contributed by atoms with E-state index in [-0.39, 0.29) is 29.8 Å². The van der Waals surface area contributed by atoms with Crippen LogP contribution in [0.4, 0.5) is 24.7 Å². The monoisotopic (exact) mass is 790 g/mol. The zero-order valence-corrected chi connectivity index (χ0v) is 29.6. The largest absolute Gasteiger partial charge is 0.508 e. The number of aromatic hydroxyl groups is 1. The van der Waals surface area contributed by atoms with Crippen LogP contribution >= 0.6 is 23.2 Å². The van der Waals surface area contributed by atoms with E-state index in [4.69, 9.17) is 23.2 Å². The molecule has 55 heavy (non-hydrogen) atoms. The Morgan fingerprint density at radius 2 is 1.62 bits per heavy atom. The van der Waals surface area contributed by atoms with Gasteiger partial charge >= 0.3 is 12.1 Å². The maximum absolute atomic E-state index is 15.2. The summed E-state index contributed by atoms with van der Waals surface area (Å²) in [5.74, 6) is -9.29. The summed E-state index contributed by atoms with van der Waals surface area (Å²) in [5.41, 5.74) is 1.08. The molecule has 280 valence electrons. The number of amides is 4. The summed E-state index contributed by atoms with van der Waals surface area (Å²) in [6.45, 7) is 0. The molecule has 0 spiro atoms. The molecule has 3 aromatic carbocycles. The number of carboxylic acid groups (broad SMARTS) is 1. The number of imide groups is 2. The zero-order valence-electron chi connectivity index (χ0n) is 28.1. The molecular formula is C39H27Cl2F3N4O7. The van der Waals surface area contributed by atoms with Gasteiger partial charge in [0, 0.05) is 17.1 Å². The SMILES string of the molecule is O=C(O)c1cccc(N2C(=O)C3CC=C4C(CC5C(=O)N(Nc6ncc(C(F)(F)F)cc6Cl)C(=O)C5(c5ccc(Cl)cc5)C4c4ccc(O)cc4)C3C2=O)c1. The number of rotatable bonds is 6. The van der Waals surface area contributed by atoms with Crippen molar-refractivity contribution in [3.63, 3.8) is 0 Å². The highest BCUT2D eigenvalue weighted by molar-refractivity contribution is 6.33. The van der Waals surface area contributed by atoms with Crippen LogP contribution in [0.15, 0.2) is 96.7 Å². The van der Waals surface area contributed by atoms with Crippen molar-refractivity contribution < 1.29 is 47.4 Å². The van der Waals surface area contributed by atoms with Crippen molar-refractivity contribution in [2.75, 3.05) is 10.3 Å². The number of nitrogens with one attached hydrogen (secondary N) is 1. The van der Waals surface area contributed by atoms with Gasteiger partial charge in [0.1, 0.15) is 5.75 Å². The van der Waals surface area contributed by atoms with Gasteiger partial charge in [-0.05, 0) is 78.4 Å². The first-order chi connectivity index (χ1) is 26.1. The van der Waals surface area contributed by atoms with Gasteiger partial charge in [-0.2, -0.15) is 18.2 Å². The predicted molar refractivity (Wildman–Crippen MR) is 191 cm³/mol. The summed E-state index contributed by atoms with van der Waals surface area (Å²) in [5, 5.41) is 20.4. The molecule has 2 aliphatic carbocycles. The molecule has 1 aromatic heterocycles. The first-order valence-corrected chi connectivity index (χ1v) is 17.7. The molecule has 4 aromatic rings. The highest BCUT2D eigenvalue weighted by Gasteiger charge is 2.70. The molecule has 0 bridgehead atoms. The number of pyridine rings is 1. The first kappa shape index (κ1) is 36.3. The van der Waals surface area contributed by atoms with E-state index >= 15 is 4.79 Å². The second-order valence-corrected chi connectivity index (χ2v) is 14.7. The number of carboxylic acids is 1. The third kappa shape index (κ3) is 5.57. The van der Waals surface area contributed by atoms with Crippen molar-refractivity contribution in [1.82, 2.24) is 9.99 Å². The molecule has 0 radical (unpaired) electrons. The molecule has 4 aliphatic rings. The number of allylic oxidation sites excluding steroid dienone is 2. The van der Waals surface area contributed by atoms with Crippen molar-refractivity contribution >= 4 is 64.3 Å². The number of phenols is 1. The number of fused-ring (bicyclic) bond motifs is 4. The third-order valence-corrected chi connectivity index (χ3v) is 11.7. The van der Waals surface area contributed by atoms with Crippen molar-refractivity contribution in [2.24, 2.45) is 23.7 Å². The summed E-state index contributed by atoms with van der Waals surface area (Å²) in [4.78, 5) is 74.9. The number of alkyl halides is 3. The third-order valence-electron chi connectivity index (χ3n) is 11.1. The molecule has 2 saturated heterocycles. The lowest BCUT2D eigenvalue weighted by Crippen LogP contribution is -2.53. The quantitative estimate of drug-likeness (QED) is 0.138. The Bertz CT molecular complexity index is 2350. The number of anilines is 2. The van der Waals surface area contributed by atoms with Crippen LogP contribution < -0.4 is 10.3 Å². The van der Waals surface area contributed by atoms with Gasteiger partial charge in [-0.25, -0.2) is 9.78 Å². The normalized spacial score (nSPS) is 26.1. The lowest BCUT2D eigenvalue weighted by atomic mass is 9.49. The van der Waals surface area contributed by atoms with Crippen LogP contribution in [0.1, 0.15) is 45.8 Å². The maximum Gasteiger partial charge on any atom is 0.417 e. The summed E-state index contributed by atoms with van der Waals surface area (Å²) in [7, 11) is 0. The molecule has 3 fully saturated rings. The van der Waals surface area contributed by atoms with E-state index in [0.29, 0.717) is 39.0 Å². The fourth-order valence-electron chi connectivity index (χ4n) is 8.86. The molecule has 3 heterocycles. The molecule has 4 amide bonds. The van der Waals surface area contributed by atoms with E-state index < -0.39 is 87.2 Å². The lowest BCUT2D eigenvalue weighted by molar-refractivity contribution is -0.139. The van der Waals surface area contributed by atoms with Gasteiger partial charge in [-0.1, -0.05) is 65.2 Å².